The Bertz CT molecular complexity index is 465. The first kappa shape index (κ1) is 13.0. The van der Waals surface area contributed by atoms with Gasteiger partial charge in [0.15, 0.2) is 0 Å². The Morgan fingerprint density at radius 3 is 2.83 bits per heavy atom. The van der Waals surface area contributed by atoms with Gasteiger partial charge in [0.1, 0.15) is 13.4 Å². The molecule has 2 radical (unpaired) electrons. The van der Waals surface area contributed by atoms with Crippen molar-refractivity contribution in [3.05, 3.63) is 29.3 Å². The lowest BCUT2D eigenvalue weighted by molar-refractivity contribution is 0.0504. The van der Waals surface area contributed by atoms with Crippen LogP contribution in [0.2, 0.25) is 0 Å². The van der Waals surface area contributed by atoms with Crippen molar-refractivity contribution in [2.75, 3.05) is 0 Å². The third-order valence-corrected chi connectivity index (χ3v) is 2.94. The van der Waals surface area contributed by atoms with Gasteiger partial charge < -0.3 is 10.1 Å². The molecule has 1 N–H and O–H groups in total. The normalized spacial score (nSPS) is 18.3. The van der Waals surface area contributed by atoms with E-state index in [2.05, 4.69) is 5.32 Å². The van der Waals surface area contributed by atoms with Crippen molar-refractivity contribution < 1.29 is 9.53 Å². The third-order valence-electron chi connectivity index (χ3n) is 2.94. The zero-order valence-electron chi connectivity index (χ0n) is 11.1. The Balaban J connectivity index is 2.04. The minimum atomic E-state index is -0.466. The van der Waals surface area contributed by atoms with Crippen LogP contribution in [0.5, 0.6) is 0 Å². The molecule has 1 aromatic carbocycles. The first-order chi connectivity index (χ1) is 8.35. The zero-order chi connectivity index (χ0) is 13.3. The molecule has 0 bridgehead atoms. The maximum atomic E-state index is 11.7. The molecular formula is C14H18BNO2. The number of alkyl carbamates (subject to hydrolysis) is 1. The molecule has 1 amide bonds. The predicted molar refractivity (Wildman–Crippen MR) is 72.3 cm³/mol. The van der Waals surface area contributed by atoms with Crippen molar-refractivity contribution in [3.63, 3.8) is 0 Å². The standard InChI is InChI=1S/C14H18BNO2/c1-14(2,3)18-13(17)16-12-7-4-9-8-10(15)5-6-11(9)12/h5-6,8,12H,4,7H2,1-3H3,(H,16,17). The number of aryl methyl sites for hydroxylation is 1. The van der Waals surface area contributed by atoms with Gasteiger partial charge in [-0.1, -0.05) is 23.7 Å². The summed E-state index contributed by atoms with van der Waals surface area (Å²) < 4.78 is 5.26. The molecule has 0 fully saturated rings. The fourth-order valence-corrected chi connectivity index (χ4v) is 2.24. The number of carbonyl (C=O) groups is 1. The van der Waals surface area contributed by atoms with E-state index in [1.165, 1.54) is 5.56 Å². The highest BCUT2D eigenvalue weighted by Crippen LogP contribution is 2.30. The molecule has 0 saturated heterocycles. The summed E-state index contributed by atoms with van der Waals surface area (Å²) in [6.07, 6.45) is 1.48. The summed E-state index contributed by atoms with van der Waals surface area (Å²) in [6.45, 7) is 5.57. The molecule has 0 aliphatic heterocycles. The summed E-state index contributed by atoms with van der Waals surface area (Å²) in [7, 11) is 5.75. The number of hydrogen-bond acceptors (Lipinski definition) is 2. The summed E-state index contributed by atoms with van der Waals surface area (Å²) in [5.74, 6) is 0. The van der Waals surface area contributed by atoms with Crippen LogP contribution >= 0.6 is 0 Å². The average Bonchev–Trinajstić information content (AvgIpc) is 2.57. The number of carbonyl (C=O) groups excluding carboxylic acids is 1. The molecule has 3 nitrogen and oxygen atoms in total. The van der Waals surface area contributed by atoms with Crippen LogP contribution in [0.3, 0.4) is 0 Å². The molecule has 2 rings (SSSR count). The van der Waals surface area contributed by atoms with Crippen molar-refractivity contribution in [1.29, 1.82) is 0 Å². The van der Waals surface area contributed by atoms with Crippen molar-refractivity contribution >= 4 is 19.4 Å². The van der Waals surface area contributed by atoms with Crippen LogP contribution in [-0.2, 0) is 11.2 Å². The number of fused-ring (bicyclic) bond motifs is 1. The van der Waals surface area contributed by atoms with Gasteiger partial charge in [0.25, 0.3) is 0 Å². The van der Waals surface area contributed by atoms with E-state index < -0.39 is 5.60 Å². The van der Waals surface area contributed by atoms with Crippen molar-refractivity contribution in [3.8, 4) is 0 Å². The predicted octanol–water partition coefficient (Wildman–Crippen LogP) is 1.99. The Morgan fingerprint density at radius 1 is 1.44 bits per heavy atom. The summed E-state index contributed by atoms with van der Waals surface area (Å²) >= 11 is 0. The Hall–Kier alpha value is -1.45. The van der Waals surface area contributed by atoms with Crippen LogP contribution in [0.15, 0.2) is 18.2 Å². The van der Waals surface area contributed by atoms with Crippen LogP contribution < -0.4 is 10.8 Å². The van der Waals surface area contributed by atoms with Crippen LogP contribution in [0, 0.1) is 0 Å². The van der Waals surface area contributed by atoms with Crippen LogP contribution in [-0.4, -0.2) is 19.5 Å². The SMILES string of the molecule is [B]c1ccc2c(c1)CCC2NC(=O)OC(C)(C)C. The van der Waals surface area contributed by atoms with Crippen molar-refractivity contribution in [1.82, 2.24) is 5.32 Å². The smallest absolute Gasteiger partial charge is 0.408 e. The summed E-state index contributed by atoms with van der Waals surface area (Å²) in [4.78, 5) is 11.7. The molecule has 0 spiro atoms. The van der Waals surface area contributed by atoms with E-state index in [4.69, 9.17) is 12.6 Å². The maximum Gasteiger partial charge on any atom is 0.408 e. The van der Waals surface area contributed by atoms with Crippen LogP contribution in [0.25, 0.3) is 0 Å². The van der Waals surface area contributed by atoms with Crippen molar-refractivity contribution in [2.45, 2.75) is 45.3 Å². The molecule has 1 unspecified atom stereocenters. The third kappa shape index (κ3) is 3.06. The Kier molecular flexibility index (Phi) is 3.37. The lowest BCUT2D eigenvalue weighted by Gasteiger charge is -2.22. The van der Waals surface area contributed by atoms with Gasteiger partial charge in [-0.2, -0.15) is 0 Å². The maximum absolute atomic E-state index is 11.7. The highest BCUT2D eigenvalue weighted by molar-refractivity contribution is 6.32. The number of nitrogens with one attached hydrogen (secondary N) is 1. The van der Waals surface area contributed by atoms with Gasteiger partial charge in [0.2, 0.25) is 0 Å². The highest BCUT2D eigenvalue weighted by atomic mass is 16.6. The number of amides is 1. The zero-order valence-corrected chi connectivity index (χ0v) is 11.1. The van der Waals surface area contributed by atoms with Crippen LogP contribution in [0.1, 0.15) is 44.4 Å². The van der Waals surface area contributed by atoms with Gasteiger partial charge in [0, 0.05) is 0 Å². The topological polar surface area (TPSA) is 38.3 Å². The average molecular weight is 243 g/mol. The van der Waals surface area contributed by atoms with Gasteiger partial charge in [-0.3, -0.25) is 0 Å². The monoisotopic (exact) mass is 243 g/mol. The van der Waals surface area contributed by atoms with Crippen LogP contribution in [0.4, 0.5) is 4.79 Å². The Labute approximate surface area is 109 Å². The highest BCUT2D eigenvalue weighted by Gasteiger charge is 2.25. The summed E-state index contributed by atoms with van der Waals surface area (Å²) in [5, 5.41) is 2.91. The lowest BCUT2D eigenvalue weighted by atomic mass is 9.92. The fraction of sp³-hybridized carbons (Fsp3) is 0.500. The van der Waals surface area contributed by atoms with E-state index in [0.29, 0.717) is 0 Å². The first-order valence-electron chi connectivity index (χ1n) is 6.23. The fourth-order valence-electron chi connectivity index (χ4n) is 2.24. The van der Waals surface area contributed by atoms with E-state index in [-0.39, 0.29) is 12.1 Å². The molecule has 1 atom stereocenters. The molecule has 1 aliphatic carbocycles. The van der Waals surface area contributed by atoms with Gasteiger partial charge >= 0.3 is 6.09 Å². The largest absolute Gasteiger partial charge is 0.444 e. The second-order valence-electron chi connectivity index (χ2n) is 5.70. The molecule has 18 heavy (non-hydrogen) atoms. The van der Waals surface area contributed by atoms with E-state index in [9.17, 15) is 4.79 Å². The first-order valence-corrected chi connectivity index (χ1v) is 6.23. The lowest BCUT2D eigenvalue weighted by Crippen LogP contribution is -2.34. The van der Waals surface area contributed by atoms with Gasteiger partial charge in [0.05, 0.1) is 6.04 Å². The van der Waals surface area contributed by atoms with E-state index in [0.717, 1.165) is 23.9 Å². The van der Waals surface area contributed by atoms with Gasteiger partial charge in [-0.15, -0.1) is 0 Å². The molecule has 4 heteroatoms. The minimum Gasteiger partial charge on any atom is -0.444 e. The Morgan fingerprint density at radius 2 is 2.17 bits per heavy atom. The second-order valence-corrected chi connectivity index (χ2v) is 5.70. The number of benzene rings is 1. The van der Waals surface area contributed by atoms with Crippen molar-refractivity contribution in [2.24, 2.45) is 0 Å². The molecule has 1 aromatic rings. The molecule has 0 saturated carbocycles. The number of rotatable bonds is 1. The molecule has 94 valence electrons. The van der Waals surface area contributed by atoms with Gasteiger partial charge in [-0.25, -0.2) is 4.79 Å². The summed E-state index contributed by atoms with van der Waals surface area (Å²) in [6, 6.07) is 5.87. The number of hydrogen-bond donors (Lipinski definition) is 1. The molecule has 1 aliphatic rings. The van der Waals surface area contributed by atoms with E-state index in [1.807, 2.05) is 39.0 Å². The quantitative estimate of drug-likeness (QED) is 0.766. The van der Waals surface area contributed by atoms with Gasteiger partial charge in [-0.05, 0) is 44.7 Å². The number of ether oxygens (including phenoxy) is 1. The van der Waals surface area contributed by atoms with E-state index >= 15 is 0 Å². The molecule has 0 heterocycles. The molecular weight excluding hydrogens is 225 g/mol. The van der Waals surface area contributed by atoms with E-state index in [1.54, 1.807) is 0 Å². The molecule has 0 aromatic heterocycles. The second kappa shape index (κ2) is 4.67. The summed E-state index contributed by atoms with van der Waals surface area (Å²) in [5.41, 5.74) is 2.67. The minimum absolute atomic E-state index is 0.0375.